The Hall–Kier alpha value is -2.45. The second kappa shape index (κ2) is 10.0. The Morgan fingerprint density at radius 2 is 1.63 bits per heavy atom. The van der Waals surface area contributed by atoms with Crippen LogP contribution in [-0.4, -0.2) is 84.0 Å². The Morgan fingerprint density at radius 1 is 0.933 bits per heavy atom. The predicted octanol–water partition coefficient (Wildman–Crippen LogP) is 2.86. The Kier molecular flexibility index (Phi) is 6.96. The lowest BCUT2D eigenvalue weighted by Crippen LogP contribution is -2.51. The Balaban J connectivity index is 1.21. The van der Waals surface area contributed by atoms with Gasteiger partial charge < -0.3 is 24.4 Å². The Morgan fingerprint density at radius 3 is 2.30 bits per heavy atom. The fourth-order valence-corrected chi connectivity index (χ4v) is 4.72. The van der Waals surface area contributed by atoms with Gasteiger partial charge in [-0.1, -0.05) is 12.1 Å². The molecule has 2 aliphatic rings. The fraction of sp³-hybridized carbons (Fsp3) is 0.455. The van der Waals surface area contributed by atoms with Crippen LogP contribution in [0.25, 0.3) is 0 Å². The lowest BCUT2D eigenvalue weighted by atomic mass is 10.1. The van der Waals surface area contributed by atoms with Crippen LogP contribution in [0.3, 0.4) is 0 Å². The molecule has 2 saturated heterocycles. The molecule has 0 radical (unpaired) electrons. The number of nitrogens with zero attached hydrogens (tertiary/aromatic N) is 3. The SMILES string of the molecule is O=C(Nc1ccc(CCN2CCSCC2)cc1)N1CCN(C(=O)c2ccco2)CC1. The van der Waals surface area contributed by atoms with Gasteiger partial charge >= 0.3 is 6.03 Å². The van der Waals surface area contributed by atoms with Crippen molar-refractivity contribution in [2.24, 2.45) is 0 Å². The number of piperazine rings is 1. The zero-order valence-corrected chi connectivity index (χ0v) is 17.9. The van der Waals surface area contributed by atoms with Crippen LogP contribution in [0.4, 0.5) is 10.5 Å². The van der Waals surface area contributed by atoms with E-state index in [-0.39, 0.29) is 11.9 Å². The van der Waals surface area contributed by atoms with Crippen LogP contribution >= 0.6 is 11.8 Å². The first-order valence-corrected chi connectivity index (χ1v) is 11.6. The molecule has 160 valence electrons. The van der Waals surface area contributed by atoms with Crippen molar-refractivity contribution in [1.29, 1.82) is 0 Å². The van der Waals surface area contributed by atoms with Crippen molar-refractivity contribution in [3.63, 3.8) is 0 Å². The quantitative estimate of drug-likeness (QED) is 0.793. The smallest absolute Gasteiger partial charge is 0.321 e. The molecule has 30 heavy (non-hydrogen) atoms. The summed E-state index contributed by atoms with van der Waals surface area (Å²) in [6.45, 7) is 5.46. The van der Waals surface area contributed by atoms with Crippen molar-refractivity contribution in [3.05, 3.63) is 54.0 Å². The minimum Gasteiger partial charge on any atom is -0.459 e. The summed E-state index contributed by atoms with van der Waals surface area (Å²) < 4.78 is 5.18. The van der Waals surface area contributed by atoms with Crippen molar-refractivity contribution in [2.45, 2.75) is 6.42 Å². The largest absolute Gasteiger partial charge is 0.459 e. The summed E-state index contributed by atoms with van der Waals surface area (Å²) in [4.78, 5) is 30.9. The zero-order valence-electron chi connectivity index (χ0n) is 17.1. The van der Waals surface area contributed by atoms with E-state index in [9.17, 15) is 9.59 Å². The number of furan rings is 1. The lowest BCUT2D eigenvalue weighted by molar-refractivity contribution is 0.0640. The van der Waals surface area contributed by atoms with Crippen molar-refractivity contribution in [1.82, 2.24) is 14.7 Å². The molecule has 0 atom stereocenters. The van der Waals surface area contributed by atoms with E-state index >= 15 is 0 Å². The van der Waals surface area contributed by atoms with Crippen molar-refractivity contribution < 1.29 is 14.0 Å². The summed E-state index contributed by atoms with van der Waals surface area (Å²) in [5, 5.41) is 2.97. The molecule has 3 amide bonds. The summed E-state index contributed by atoms with van der Waals surface area (Å²) in [5.41, 5.74) is 2.09. The van der Waals surface area contributed by atoms with Crippen LogP contribution in [0.15, 0.2) is 47.1 Å². The molecule has 8 heteroatoms. The third kappa shape index (κ3) is 5.37. The monoisotopic (exact) mass is 428 g/mol. The molecule has 0 bridgehead atoms. The van der Waals surface area contributed by atoms with Gasteiger partial charge in [0, 0.05) is 63.0 Å². The molecular formula is C22H28N4O3S. The van der Waals surface area contributed by atoms with Crippen LogP contribution in [-0.2, 0) is 6.42 Å². The number of carbonyl (C=O) groups is 2. The highest BCUT2D eigenvalue weighted by Gasteiger charge is 2.26. The first-order chi connectivity index (χ1) is 14.7. The normalized spacial score (nSPS) is 17.7. The summed E-state index contributed by atoms with van der Waals surface area (Å²) in [6.07, 6.45) is 2.53. The first kappa shape index (κ1) is 20.8. The van der Waals surface area contributed by atoms with E-state index in [0.29, 0.717) is 31.9 Å². The van der Waals surface area contributed by atoms with Crippen LogP contribution in [0.1, 0.15) is 16.1 Å². The molecule has 0 spiro atoms. The van der Waals surface area contributed by atoms with Crippen LogP contribution in [0.5, 0.6) is 0 Å². The van der Waals surface area contributed by atoms with E-state index in [2.05, 4.69) is 22.3 Å². The van der Waals surface area contributed by atoms with Gasteiger partial charge in [0.2, 0.25) is 0 Å². The second-order valence-corrected chi connectivity index (χ2v) is 8.81. The number of urea groups is 1. The van der Waals surface area contributed by atoms with E-state index in [0.717, 1.165) is 18.7 Å². The van der Waals surface area contributed by atoms with Gasteiger partial charge in [0.15, 0.2) is 5.76 Å². The number of rotatable bonds is 5. The topological polar surface area (TPSA) is 69.0 Å². The maximum absolute atomic E-state index is 12.6. The zero-order chi connectivity index (χ0) is 20.8. The van der Waals surface area contributed by atoms with Gasteiger partial charge in [-0.3, -0.25) is 4.79 Å². The van der Waals surface area contributed by atoms with E-state index in [1.807, 2.05) is 23.9 Å². The molecular weight excluding hydrogens is 400 g/mol. The van der Waals surface area contributed by atoms with E-state index < -0.39 is 0 Å². The molecule has 3 heterocycles. The van der Waals surface area contributed by atoms with Crippen molar-refractivity contribution in [3.8, 4) is 0 Å². The van der Waals surface area contributed by atoms with Gasteiger partial charge in [0.25, 0.3) is 5.91 Å². The van der Waals surface area contributed by atoms with E-state index in [4.69, 9.17) is 4.42 Å². The molecule has 7 nitrogen and oxygen atoms in total. The number of hydrogen-bond donors (Lipinski definition) is 1. The third-order valence-electron chi connectivity index (χ3n) is 5.61. The Bertz CT molecular complexity index is 827. The summed E-state index contributed by atoms with van der Waals surface area (Å²) >= 11 is 2.03. The van der Waals surface area contributed by atoms with Crippen LogP contribution in [0, 0.1) is 0 Å². The number of carbonyl (C=O) groups excluding carboxylic acids is 2. The highest BCUT2D eigenvalue weighted by Crippen LogP contribution is 2.15. The van der Waals surface area contributed by atoms with Gasteiger partial charge in [-0.05, 0) is 36.2 Å². The first-order valence-electron chi connectivity index (χ1n) is 10.5. The third-order valence-corrected chi connectivity index (χ3v) is 6.55. The average Bonchev–Trinajstić information content (AvgIpc) is 3.34. The number of benzene rings is 1. The molecule has 2 aliphatic heterocycles. The van der Waals surface area contributed by atoms with E-state index in [1.165, 1.54) is 36.4 Å². The van der Waals surface area contributed by atoms with Gasteiger partial charge in [0.1, 0.15) is 0 Å². The molecule has 2 aromatic rings. The van der Waals surface area contributed by atoms with E-state index in [1.54, 1.807) is 21.9 Å². The minimum absolute atomic E-state index is 0.126. The number of hydrogen-bond acceptors (Lipinski definition) is 5. The molecule has 1 aromatic heterocycles. The van der Waals surface area contributed by atoms with Crippen LogP contribution < -0.4 is 5.32 Å². The van der Waals surface area contributed by atoms with Crippen molar-refractivity contribution in [2.75, 3.05) is 62.6 Å². The van der Waals surface area contributed by atoms with Crippen molar-refractivity contribution >= 4 is 29.4 Å². The highest BCUT2D eigenvalue weighted by molar-refractivity contribution is 7.99. The molecule has 4 rings (SSSR count). The molecule has 0 aliphatic carbocycles. The standard InChI is InChI=1S/C22H28N4O3S/c27-21(20-2-1-15-29-20)25-9-11-26(12-10-25)22(28)23-19-5-3-18(4-6-19)7-8-24-13-16-30-17-14-24/h1-6,15H,7-14,16-17H2,(H,23,28). The molecule has 0 unspecified atom stereocenters. The van der Waals surface area contributed by atoms with Gasteiger partial charge in [-0.25, -0.2) is 4.79 Å². The summed E-state index contributed by atoms with van der Waals surface area (Å²) in [6, 6.07) is 11.4. The average molecular weight is 429 g/mol. The number of amides is 3. The Labute approximate surface area is 181 Å². The maximum atomic E-state index is 12.6. The van der Waals surface area contributed by atoms with Gasteiger partial charge in [0.05, 0.1) is 6.26 Å². The second-order valence-electron chi connectivity index (χ2n) is 7.59. The van der Waals surface area contributed by atoms with Crippen LogP contribution in [0.2, 0.25) is 0 Å². The highest BCUT2D eigenvalue weighted by atomic mass is 32.2. The number of anilines is 1. The number of nitrogens with one attached hydrogen (secondary N) is 1. The summed E-state index contributed by atoms with van der Waals surface area (Å²) in [7, 11) is 0. The minimum atomic E-state index is -0.126. The molecule has 2 fully saturated rings. The summed E-state index contributed by atoms with van der Waals surface area (Å²) in [5.74, 6) is 2.68. The van der Waals surface area contributed by atoms with Gasteiger partial charge in [-0.15, -0.1) is 0 Å². The molecule has 1 aromatic carbocycles. The maximum Gasteiger partial charge on any atom is 0.321 e. The van der Waals surface area contributed by atoms with Gasteiger partial charge in [-0.2, -0.15) is 11.8 Å². The molecule has 1 N–H and O–H groups in total. The predicted molar refractivity (Wildman–Crippen MR) is 119 cm³/mol. The fourth-order valence-electron chi connectivity index (χ4n) is 3.74. The number of thioether (sulfide) groups is 1. The molecule has 0 saturated carbocycles. The lowest BCUT2D eigenvalue weighted by Gasteiger charge is -2.34.